The highest BCUT2D eigenvalue weighted by Crippen LogP contribution is 2.38. The number of anilines is 1. The molecule has 0 radical (unpaired) electrons. The van der Waals surface area contributed by atoms with E-state index in [9.17, 15) is 41.1 Å². The predicted molar refractivity (Wildman–Crippen MR) is 123 cm³/mol. The number of carbonyl (C=O) groups excluding carboxylic acids is 4. The first-order valence-corrected chi connectivity index (χ1v) is 11.3. The number of amides is 6. The molecule has 1 fully saturated rings. The van der Waals surface area contributed by atoms with E-state index >= 15 is 0 Å². The Bertz CT molecular complexity index is 1300. The Hall–Kier alpha value is -4.23. The summed E-state index contributed by atoms with van der Waals surface area (Å²) in [4.78, 5) is 51.5. The third kappa shape index (κ3) is 5.68. The van der Waals surface area contributed by atoms with Gasteiger partial charge in [0.15, 0.2) is 0 Å². The van der Waals surface area contributed by atoms with Crippen LogP contribution in [0.1, 0.15) is 16.7 Å². The number of carbonyl (C=O) groups is 4. The minimum Gasteiger partial charge on any atom is -0.329 e. The summed E-state index contributed by atoms with van der Waals surface area (Å²) in [5.74, 6) is -3.14. The van der Waals surface area contributed by atoms with Crippen LogP contribution in [0.5, 0.6) is 0 Å². The van der Waals surface area contributed by atoms with Crippen LogP contribution in [0.2, 0.25) is 0 Å². The van der Waals surface area contributed by atoms with E-state index in [1.807, 2.05) is 0 Å². The number of benzene rings is 2. The molecule has 1 aliphatic heterocycles. The number of halogens is 5. The van der Waals surface area contributed by atoms with Crippen molar-refractivity contribution < 1.29 is 41.1 Å². The average molecular weight is 539 g/mol. The topological polar surface area (TPSA) is 111 Å². The van der Waals surface area contributed by atoms with Gasteiger partial charge in [-0.25, -0.2) is 18.4 Å². The van der Waals surface area contributed by atoms with Gasteiger partial charge in [0.1, 0.15) is 30.3 Å². The van der Waals surface area contributed by atoms with E-state index in [4.69, 9.17) is 0 Å². The number of alkyl halides is 3. The Kier molecular flexibility index (Phi) is 7.00. The molecule has 1 unspecified atom stereocenters. The van der Waals surface area contributed by atoms with Crippen LogP contribution in [0, 0.1) is 11.6 Å². The summed E-state index contributed by atoms with van der Waals surface area (Å²) < 4.78 is 65.0. The fraction of sp³-hybridized carbons (Fsp3) is 0.333. The zero-order valence-corrected chi connectivity index (χ0v) is 19.9. The Labute approximate surface area is 212 Å². The van der Waals surface area contributed by atoms with Crippen LogP contribution in [0.25, 0.3) is 0 Å². The molecule has 1 saturated heterocycles. The molecule has 0 bridgehead atoms. The molecule has 4 rings (SSSR count). The van der Waals surface area contributed by atoms with Crippen molar-refractivity contribution in [1.82, 2.24) is 20.4 Å². The largest absolute Gasteiger partial charge is 0.405 e. The maximum Gasteiger partial charge on any atom is 0.405 e. The van der Waals surface area contributed by atoms with Crippen LogP contribution in [0.3, 0.4) is 0 Å². The van der Waals surface area contributed by atoms with Crippen molar-refractivity contribution in [3.05, 3.63) is 64.7 Å². The zero-order valence-electron chi connectivity index (χ0n) is 19.9. The maximum atomic E-state index is 13.6. The Morgan fingerprint density at radius 3 is 2.32 bits per heavy atom. The SMILES string of the molecule is CN1C(=O)NC(=O)C12Cc1ccc(NC(=O)CN(Cc3cc(F)cc(F)c3)C(=O)NCC(F)(F)F)cc1C2. The molecule has 1 heterocycles. The first kappa shape index (κ1) is 26.8. The quantitative estimate of drug-likeness (QED) is 0.387. The summed E-state index contributed by atoms with van der Waals surface area (Å²) in [6.45, 7) is -2.95. The lowest BCUT2D eigenvalue weighted by Gasteiger charge is -2.27. The van der Waals surface area contributed by atoms with Gasteiger partial charge in [-0.3, -0.25) is 14.9 Å². The van der Waals surface area contributed by atoms with Crippen molar-refractivity contribution in [2.75, 3.05) is 25.5 Å². The fourth-order valence-electron chi connectivity index (χ4n) is 4.56. The molecule has 0 aromatic heterocycles. The number of imide groups is 1. The Morgan fingerprint density at radius 1 is 1.05 bits per heavy atom. The van der Waals surface area contributed by atoms with Gasteiger partial charge >= 0.3 is 18.2 Å². The summed E-state index contributed by atoms with van der Waals surface area (Å²) in [7, 11) is 1.51. The van der Waals surface area contributed by atoms with E-state index in [0.717, 1.165) is 17.7 Å². The van der Waals surface area contributed by atoms with Gasteiger partial charge < -0.3 is 20.4 Å². The Morgan fingerprint density at radius 2 is 1.71 bits per heavy atom. The molecule has 1 atom stereocenters. The van der Waals surface area contributed by atoms with E-state index in [1.54, 1.807) is 23.5 Å². The maximum absolute atomic E-state index is 13.6. The molecule has 3 N–H and O–H groups in total. The minimum absolute atomic E-state index is 0.0752. The van der Waals surface area contributed by atoms with Crippen molar-refractivity contribution in [2.24, 2.45) is 0 Å². The molecule has 2 aliphatic rings. The van der Waals surface area contributed by atoms with Crippen LogP contribution in [0.4, 0.5) is 37.2 Å². The number of hydrogen-bond acceptors (Lipinski definition) is 4. The summed E-state index contributed by atoms with van der Waals surface area (Å²) in [6.07, 6.45) is -4.23. The highest BCUT2D eigenvalue weighted by atomic mass is 19.4. The van der Waals surface area contributed by atoms with Crippen molar-refractivity contribution >= 4 is 29.6 Å². The fourth-order valence-corrected chi connectivity index (χ4v) is 4.56. The van der Waals surface area contributed by atoms with Crippen LogP contribution in [0.15, 0.2) is 36.4 Å². The summed E-state index contributed by atoms with van der Waals surface area (Å²) in [6, 6.07) is 5.40. The molecular weight excluding hydrogens is 517 g/mol. The molecule has 202 valence electrons. The van der Waals surface area contributed by atoms with Crippen molar-refractivity contribution in [3.8, 4) is 0 Å². The summed E-state index contributed by atoms with van der Waals surface area (Å²) in [5, 5.41) is 6.45. The van der Waals surface area contributed by atoms with E-state index in [1.165, 1.54) is 11.9 Å². The van der Waals surface area contributed by atoms with Crippen molar-refractivity contribution in [3.63, 3.8) is 0 Å². The zero-order chi connectivity index (χ0) is 27.8. The monoisotopic (exact) mass is 539 g/mol. The minimum atomic E-state index is -4.72. The van der Waals surface area contributed by atoms with Gasteiger partial charge in [-0.1, -0.05) is 6.07 Å². The predicted octanol–water partition coefficient (Wildman–Crippen LogP) is 2.70. The van der Waals surface area contributed by atoms with E-state index < -0.39 is 66.9 Å². The van der Waals surface area contributed by atoms with Crippen LogP contribution >= 0.6 is 0 Å². The number of nitrogens with zero attached hydrogens (tertiary/aromatic N) is 2. The first-order chi connectivity index (χ1) is 17.8. The highest BCUT2D eigenvalue weighted by molar-refractivity contribution is 6.07. The molecular formula is C24H22F5N5O4. The van der Waals surface area contributed by atoms with Crippen molar-refractivity contribution in [2.45, 2.75) is 31.1 Å². The second-order valence-corrected chi connectivity index (χ2v) is 9.14. The van der Waals surface area contributed by atoms with Gasteiger partial charge in [0, 0.05) is 38.2 Å². The highest BCUT2D eigenvalue weighted by Gasteiger charge is 2.54. The lowest BCUT2D eigenvalue weighted by Crippen LogP contribution is -2.48. The number of urea groups is 2. The van der Waals surface area contributed by atoms with Crippen LogP contribution in [-0.4, -0.2) is 65.5 Å². The molecule has 6 amide bonds. The lowest BCUT2D eigenvalue weighted by atomic mass is 9.95. The van der Waals surface area contributed by atoms with E-state index in [2.05, 4.69) is 10.6 Å². The number of fused-ring (bicyclic) bond motifs is 1. The molecule has 1 aliphatic carbocycles. The van der Waals surface area contributed by atoms with Crippen LogP contribution < -0.4 is 16.0 Å². The summed E-state index contributed by atoms with van der Waals surface area (Å²) in [5.41, 5.74) is 0.630. The number of hydrogen-bond donors (Lipinski definition) is 3. The molecule has 1 spiro atoms. The number of rotatable bonds is 6. The molecule has 9 nitrogen and oxygen atoms in total. The second kappa shape index (κ2) is 9.91. The van der Waals surface area contributed by atoms with Gasteiger partial charge in [0.2, 0.25) is 5.91 Å². The first-order valence-electron chi connectivity index (χ1n) is 11.3. The normalized spacial score (nSPS) is 18.4. The molecule has 2 aromatic rings. The van der Waals surface area contributed by atoms with Crippen molar-refractivity contribution in [1.29, 1.82) is 0 Å². The number of nitrogens with one attached hydrogen (secondary N) is 3. The molecule has 2 aromatic carbocycles. The van der Waals surface area contributed by atoms with Crippen LogP contribution in [-0.2, 0) is 29.0 Å². The van der Waals surface area contributed by atoms with Gasteiger partial charge in [-0.2, -0.15) is 13.2 Å². The van der Waals surface area contributed by atoms with Gasteiger partial charge in [0.25, 0.3) is 5.91 Å². The van der Waals surface area contributed by atoms with Gasteiger partial charge in [-0.05, 0) is 41.0 Å². The smallest absolute Gasteiger partial charge is 0.329 e. The second-order valence-electron chi connectivity index (χ2n) is 9.14. The van der Waals surface area contributed by atoms with Gasteiger partial charge in [0.05, 0.1) is 0 Å². The van der Waals surface area contributed by atoms with E-state index in [-0.39, 0.29) is 24.1 Å². The Balaban J connectivity index is 1.47. The lowest BCUT2D eigenvalue weighted by molar-refractivity contribution is -0.126. The third-order valence-electron chi connectivity index (χ3n) is 6.40. The molecule has 14 heteroatoms. The third-order valence-corrected chi connectivity index (χ3v) is 6.40. The summed E-state index contributed by atoms with van der Waals surface area (Å²) >= 11 is 0. The standard InChI is InChI=1S/C24H22F5N5O4/c1-33-22(38)32-20(36)23(33)8-14-2-3-18(6-15(14)9-23)31-19(35)11-34(21(37)30-12-24(27,28)29)10-13-4-16(25)7-17(26)5-13/h2-7H,8-12H2,1H3,(H,30,37)(H,31,35)(H,32,36,38). The number of likely N-dealkylation sites (N-methyl/N-ethyl adjacent to an activating group) is 1. The molecule has 0 saturated carbocycles. The average Bonchev–Trinajstić information content (AvgIpc) is 3.28. The molecule has 38 heavy (non-hydrogen) atoms. The van der Waals surface area contributed by atoms with Gasteiger partial charge in [-0.15, -0.1) is 0 Å². The van der Waals surface area contributed by atoms with E-state index in [0.29, 0.717) is 16.5 Å².